The van der Waals surface area contributed by atoms with Crippen LogP contribution in [0.2, 0.25) is 0 Å². The van der Waals surface area contributed by atoms with E-state index >= 15 is 0 Å². The van der Waals surface area contributed by atoms with Gasteiger partial charge in [-0.25, -0.2) is 0 Å². The molecule has 1 N–H and O–H groups in total. The number of piperidine rings is 1. The molecule has 0 spiro atoms. The molecule has 0 amide bonds. The van der Waals surface area contributed by atoms with Gasteiger partial charge in [0.1, 0.15) is 0 Å². The standard InChI is InChI=1S/C5H11N.ClH.Zn/c1-2-4-6-5-3-1;;/h6H,1-5H2;1H;. The van der Waals surface area contributed by atoms with Crippen LogP contribution >= 0.6 is 12.4 Å². The first kappa shape index (κ1) is 11.6. The van der Waals surface area contributed by atoms with Crippen LogP contribution in [0, 0.1) is 0 Å². The third kappa shape index (κ3) is 5.02. The topological polar surface area (TPSA) is 12.0 Å². The SMILES string of the molecule is C1CCNCC1.Cl.[Zn]. The second-order valence-electron chi connectivity index (χ2n) is 1.81. The molecule has 1 aliphatic heterocycles. The van der Waals surface area contributed by atoms with Gasteiger partial charge in [-0.3, -0.25) is 0 Å². The fourth-order valence-electron chi connectivity index (χ4n) is 0.802. The van der Waals surface area contributed by atoms with Crippen LogP contribution < -0.4 is 5.32 Å². The van der Waals surface area contributed by atoms with Gasteiger partial charge >= 0.3 is 0 Å². The van der Waals surface area contributed by atoms with Crippen molar-refractivity contribution in [2.75, 3.05) is 13.1 Å². The Labute approximate surface area is 69.8 Å². The van der Waals surface area contributed by atoms with Crippen LogP contribution in [0.3, 0.4) is 0 Å². The van der Waals surface area contributed by atoms with Gasteiger partial charge in [0, 0.05) is 19.5 Å². The molecule has 8 heavy (non-hydrogen) atoms. The minimum Gasteiger partial charge on any atom is -0.317 e. The van der Waals surface area contributed by atoms with E-state index in [0.717, 1.165) is 0 Å². The summed E-state index contributed by atoms with van der Waals surface area (Å²) in [6.07, 6.45) is 4.22. The van der Waals surface area contributed by atoms with Gasteiger partial charge < -0.3 is 5.32 Å². The number of nitrogens with one attached hydrogen (secondary N) is 1. The van der Waals surface area contributed by atoms with Gasteiger partial charge in [0.15, 0.2) is 0 Å². The van der Waals surface area contributed by atoms with Crippen molar-refractivity contribution in [3.05, 3.63) is 0 Å². The van der Waals surface area contributed by atoms with Crippen molar-refractivity contribution in [1.82, 2.24) is 5.32 Å². The molecular formula is C5H12ClNZn. The summed E-state index contributed by atoms with van der Waals surface area (Å²) in [5, 5.41) is 3.28. The summed E-state index contributed by atoms with van der Waals surface area (Å²) in [4.78, 5) is 0. The second kappa shape index (κ2) is 7.87. The summed E-state index contributed by atoms with van der Waals surface area (Å²) in [5.74, 6) is 0. The zero-order valence-electron chi connectivity index (χ0n) is 5.15. The summed E-state index contributed by atoms with van der Waals surface area (Å²) in [7, 11) is 0. The summed E-state index contributed by atoms with van der Waals surface area (Å²) in [6.45, 7) is 2.50. The van der Waals surface area contributed by atoms with Crippen molar-refractivity contribution in [3.63, 3.8) is 0 Å². The predicted molar refractivity (Wildman–Crippen MR) is 34.0 cm³/mol. The van der Waals surface area contributed by atoms with E-state index in [1.165, 1.54) is 32.4 Å². The van der Waals surface area contributed by atoms with Crippen molar-refractivity contribution in [2.45, 2.75) is 19.3 Å². The van der Waals surface area contributed by atoms with Crippen molar-refractivity contribution < 1.29 is 19.5 Å². The minimum absolute atomic E-state index is 0. The summed E-state index contributed by atoms with van der Waals surface area (Å²) >= 11 is 0. The second-order valence-corrected chi connectivity index (χ2v) is 1.81. The number of hydrogen-bond donors (Lipinski definition) is 1. The molecule has 1 heterocycles. The number of halogens is 1. The summed E-state index contributed by atoms with van der Waals surface area (Å²) in [6, 6.07) is 0. The Bertz CT molecular complexity index is 27.9. The first-order valence-electron chi connectivity index (χ1n) is 2.71. The molecule has 1 fully saturated rings. The molecule has 1 saturated heterocycles. The average molecular weight is 187 g/mol. The van der Waals surface area contributed by atoms with Crippen LogP contribution in [0.5, 0.6) is 0 Å². The zero-order valence-corrected chi connectivity index (χ0v) is 8.93. The van der Waals surface area contributed by atoms with E-state index in [9.17, 15) is 0 Å². The van der Waals surface area contributed by atoms with Gasteiger partial charge in [-0.1, -0.05) is 6.42 Å². The molecule has 0 saturated carbocycles. The van der Waals surface area contributed by atoms with E-state index in [1.54, 1.807) is 0 Å². The number of rotatable bonds is 0. The van der Waals surface area contributed by atoms with Crippen LogP contribution in [0.15, 0.2) is 0 Å². The summed E-state index contributed by atoms with van der Waals surface area (Å²) in [5.41, 5.74) is 0. The van der Waals surface area contributed by atoms with E-state index in [-0.39, 0.29) is 31.9 Å². The van der Waals surface area contributed by atoms with Crippen LogP contribution in [0.4, 0.5) is 0 Å². The van der Waals surface area contributed by atoms with Crippen LogP contribution in [-0.4, -0.2) is 13.1 Å². The Morgan fingerprint density at radius 2 is 1.38 bits per heavy atom. The molecule has 0 aliphatic carbocycles. The Morgan fingerprint density at radius 3 is 1.50 bits per heavy atom. The Morgan fingerprint density at radius 1 is 0.875 bits per heavy atom. The maximum Gasteiger partial charge on any atom is 0 e. The molecule has 0 bridgehead atoms. The maximum absolute atomic E-state index is 3.28. The maximum atomic E-state index is 3.28. The van der Waals surface area contributed by atoms with Gasteiger partial charge in [-0.2, -0.15) is 0 Å². The molecule has 1 rings (SSSR count). The first-order valence-corrected chi connectivity index (χ1v) is 2.71. The van der Waals surface area contributed by atoms with Gasteiger partial charge in [-0.15, -0.1) is 12.4 Å². The van der Waals surface area contributed by atoms with E-state index in [4.69, 9.17) is 0 Å². The predicted octanol–water partition coefficient (Wildman–Crippen LogP) is 1.18. The van der Waals surface area contributed by atoms with E-state index in [0.29, 0.717) is 0 Å². The smallest absolute Gasteiger partial charge is 0 e. The molecule has 3 heteroatoms. The summed E-state index contributed by atoms with van der Waals surface area (Å²) < 4.78 is 0. The van der Waals surface area contributed by atoms with Crippen LogP contribution in [0.25, 0.3) is 0 Å². The largest absolute Gasteiger partial charge is 0.317 e. The van der Waals surface area contributed by atoms with E-state index in [1.807, 2.05) is 0 Å². The molecule has 46 valence electrons. The molecule has 1 nitrogen and oxygen atoms in total. The molecular weight excluding hydrogens is 175 g/mol. The van der Waals surface area contributed by atoms with E-state index < -0.39 is 0 Å². The fraction of sp³-hybridized carbons (Fsp3) is 1.00. The Hall–Kier alpha value is 0.873. The average Bonchev–Trinajstić information content (AvgIpc) is 1.72. The number of hydrogen-bond acceptors (Lipinski definition) is 1. The normalized spacial score (nSPS) is 18.0. The van der Waals surface area contributed by atoms with Crippen LogP contribution in [0.1, 0.15) is 19.3 Å². The molecule has 0 unspecified atom stereocenters. The van der Waals surface area contributed by atoms with Gasteiger partial charge in [0.2, 0.25) is 0 Å². The Balaban J connectivity index is 0. The molecule has 0 aromatic carbocycles. The van der Waals surface area contributed by atoms with E-state index in [2.05, 4.69) is 5.32 Å². The van der Waals surface area contributed by atoms with Crippen LogP contribution in [-0.2, 0) is 19.5 Å². The minimum atomic E-state index is 0. The third-order valence-corrected chi connectivity index (χ3v) is 1.21. The molecule has 0 radical (unpaired) electrons. The molecule has 0 aromatic rings. The molecule has 0 atom stereocenters. The fourth-order valence-corrected chi connectivity index (χ4v) is 0.802. The van der Waals surface area contributed by atoms with Crippen molar-refractivity contribution in [2.24, 2.45) is 0 Å². The monoisotopic (exact) mass is 185 g/mol. The quantitative estimate of drug-likeness (QED) is 0.561. The zero-order chi connectivity index (χ0) is 4.24. The molecule has 0 aromatic heterocycles. The van der Waals surface area contributed by atoms with Crippen molar-refractivity contribution >= 4 is 12.4 Å². The van der Waals surface area contributed by atoms with Crippen molar-refractivity contribution in [3.8, 4) is 0 Å². The van der Waals surface area contributed by atoms with Gasteiger partial charge in [0.25, 0.3) is 0 Å². The van der Waals surface area contributed by atoms with Gasteiger partial charge in [0.05, 0.1) is 0 Å². The first-order chi connectivity index (χ1) is 3.00. The third-order valence-electron chi connectivity index (χ3n) is 1.21. The van der Waals surface area contributed by atoms with Crippen molar-refractivity contribution in [1.29, 1.82) is 0 Å². The van der Waals surface area contributed by atoms with Gasteiger partial charge in [-0.05, 0) is 25.9 Å². The molecule has 1 aliphatic rings. The Kier molecular flexibility index (Phi) is 11.5.